The molecule has 0 aromatic heterocycles. The van der Waals surface area contributed by atoms with Crippen LogP contribution in [0.4, 0.5) is 0 Å². The van der Waals surface area contributed by atoms with Crippen LogP contribution in [0.15, 0.2) is 36.4 Å². The van der Waals surface area contributed by atoms with Crippen molar-refractivity contribution in [3.05, 3.63) is 69.2 Å². The van der Waals surface area contributed by atoms with E-state index < -0.39 is 11.6 Å². The molecule has 0 fully saturated rings. The molecule has 158 valence electrons. The van der Waals surface area contributed by atoms with Crippen molar-refractivity contribution in [1.82, 2.24) is 5.32 Å². The van der Waals surface area contributed by atoms with E-state index in [1.54, 1.807) is 19.9 Å². The first kappa shape index (κ1) is 23.4. The Hall–Kier alpha value is -1.88. The molecule has 0 saturated heterocycles. The van der Waals surface area contributed by atoms with Crippen LogP contribution in [-0.4, -0.2) is 28.8 Å². The molecular formula is C24H32ClNO3. The molecule has 0 unspecified atom stereocenters. The highest BCUT2D eigenvalue weighted by Crippen LogP contribution is 2.31. The van der Waals surface area contributed by atoms with Crippen LogP contribution in [-0.2, 0) is 23.2 Å². The molecule has 4 nitrogen and oxygen atoms in total. The van der Waals surface area contributed by atoms with Gasteiger partial charge in [0.2, 0.25) is 5.91 Å². The van der Waals surface area contributed by atoms with Crippen molar-refractivity contribution in [1.29, 1.82) is 0 Å². The number of rotatable bonds is 8. The molecule has 0 radical (unpaired) electrons. The van der Waals surface area contributed by atoms with Crippen LogP contribution in [0.2, 0.25) is 5.02 Å². The Balaban J connectivity index is 2.25. The van der Waals surface area contributed by atoms with Gasteiger partial charge >= 0.3 is 0 Å². The number of halogens is 1. The van der Waals surface area contributed by atoms with E-state index in [0.717, 1.165) is 27.8 Å². The van der Waals surface area contributed by atoms with Crippen molar-refractivity contribution in [2.24, 2.45) is 0 Å². The number of hydrogen-bond donors (Lipinski definition) is 3. The molecular weight excluding hydrogens is 386 g/mol. The van der Waals surface area contributed by atoms with Crippen molar-refractivity contribution in [2.75, 3.05) is 6.61 Å². The topological polar surface area (TPSA) is 69.6 Å². The van der Waals surface area contributed by atoms with Crippen molar-refractivity contribution in [3.8, 4) is 0 Å². The summed E-state index contributed by atoms with van der Waals surface area (Å²) < 4.78 is 0. The van der Waals surface area contributed by atoms with Crippen LogP contribution in [0.5, 0.6) is 0 Å². The summed E-state index contributed by atoms with van der Waals surface area (Å²) in [7, 11) is 0. The summed E-state index contributed by atoms with van der Waals surface area (Å²) in [5.74, 6) is 0.0696. The lowest BCUT2D eigenvalue weighted by Gasteiger charge is -2.27. The molecule has 0 aliphatic rings. The largest absolute Gasteiger partial charge is 0.394 e. The third-order valence-electron chi connectivity index (χ3n) is 5.22. The van der Waals surface area contributed by atoms with Gasteiger partial charge in [-0.3, -0.25) is 4.79 Å². The number of carbonyl (C=O) groups excluding carboxylic acids is 1. The number of benzene rings is 2. The first-order chi connectivity index (χ1) is 13.5. The zero-order valence-electron chi connectivity index (χ0n) is 17.9. The standard InChI is InChI=1S/C24H32ClNO3/c1-15(2)18-9-7-10-21(24(4,5)29)20(18)12-17(14-27)26-23(28)13-19-16(3)8-6-11-22(19)25/h6-11,15,17,27,29H,12-14H2,1-5H3,(H,26,28)/t17-/m1/s1. The van der Waals surface area contributed by atoms with Gasteiger partial charge in [-0.25, -0.2) is 0 Å². The second-order valence-electron chi connectivity index (χ2n) is 8.45. The minimum Gasteiger partial charge on any atom is -0.394 e. The third kappa shape index (κ3) is 6.05. The van der Waals surface area contributed by atoms with E-state index in [-0.39, 0.29) is 24.9 Å². The van der Waals surface area contributed by atoms with Crippen LogP contribution in [0.3, 0.4) is 0 Å². The predicted molar refractivity (Wildman–Crippen MR) is 118 cm³/mol. The number of hydrogen-bond acceptors (Lipinski definition) is 3. The van der Waals surface area contributed by atoms with Gasteiger partial charge < -0.3 is 15.5 Å². The highest BCUT2D eigenvalue weighted by Gasteiger charge is 2.25. The molecule has 0 aliphatic heterocycles. The first-order valence-corrected chi connectivity index (χ1v) is 10.4. The summed E-state index contributed by atoms with van der Waals surface area (Å²) in [4.78, 5) is 12.6. The van der Waals surface area contributed by atoms with Gasteiger partial charge in [-0.15, -0.1) is 0 Å². The molecule has 2 aromatic carbocycles. The molecule has 1 atom stereocenters. The van der Waals surface area contributed by atoms with Crippen LogP contribution < -0.4 is 5.32 Å². The van der Waals surface area contributed by atoms with Crippen LogP contribution >= 0.6 is 11.6 Å². The Bertz CT molecular complexity index is 835. The van der Waals surface area contributed by atoms with E-state index in [0.29, 0.717) is 11.4 Å². The Labute approximate surface area is 178 Å². The maximum absolute atomic E-state index is 12.6. The normalized spacial score (nSPS) is 12.9. The molecule has 1 amide bonds. The molecule has 3 N–H and O–H groups in total. The van der Waals surface area contributed by atoms with E-state index in [2.05, 4.69) is 19.2 Å². The summed E-state index contributed by atoms with van der Waals surface area (Å²) in [6.07, 6.45) is 0.601. The van der Waals surface area contributed by atoms with Gasteiger partial charge in [-0.05, 0) is 67.0 Å². The maximum atomic E-state index is 12.6. The van der Waals surface area contributed by atoms with Crippen LogP contribution in [0.1, 0.15) is 61.4 Å². The minimum atomic E-state index is -1.01. The third-order valence-corrected chi connectivity index (χ3v) is 5.57. The van der Waals surface area contributed by atoms with Crippen molar-refractivity contribution in [3.63, 3.8) is 0 Å². The summed E-state index contributed by atoms with van der Waals surface area (Å²) in [5.41, 5.74) is 3.64. The zero-order valence-corrected chi connectivity index (χ0v) is 18.7. The summed E-state index contributed by atoms with van der Waals surface area (Å²) >= 11 is 6.24. The smallest absolute Gasteiger partial charge is 0.224 e. The molecule has 0 spiro atoms. The molecule has 0 aliphatic carbocycles. The average molecular weight is 418 g/mol. The Morgan fingerprint density at radius 2 is 1.79 bits per heavy atom. The maximum Gasteiger partial charge on any atom is 0.224 e. The molecule has 0 heterocycles. The lowest BCUT2D eigenvalue weighted by atomic mass is 9.84. The predicted octanol–water partition coefficient (Wildman–Crippen LogP) is 4.26. The van der Waals surface area contributed by atoms with E-state index in [1.807, 2.05) is 37.3 Å². The Morgan fingerprint density at radius 1 is 1.14 bits per heavy atom. The van der Waals surface area contributed by atoms with E-state index >= 15 is 0 Å². The van der Waals surface area contributed by atoms with E-state index in [4.69, 9.17) is 11.6 Å². The fraction of sp³-hybridized carbons (Fsp3) is 0.458. The molecule has 29 heavy (non-hydrogen) atoms. The number of amides is 1. The van der Waals surface area contributed by atoms with Crippen LogP contribution in [0, 0.1) is 6.92 Å². The SMILES string of the molecule is Cc1cccc(Cl)c1CC(=O)N[C@@H](CO)Cc1c(C(C)C)cccc1C(C)(C)O. The molecule has 2 aromatic rings. The quantitative estimate of drug-likeness (QED) is 0.601. The Morgan fingerprint density at radius 3 is 2.34 bits per heavy atom. The Kier molecular flexibility index (Phi) is 7.87. The number of nitrogens with one attached hydrogen (secondary N) is 1. The first-order valence-electron chi connectivity index (χ1n) is 10.0. The van der Waals surface area contributed by atoms with Gasteiger partial charge in [-0.2, -0.15) is 0 Å². The van der Waals surface area contributed by atoms with Gasteiger partial charge in [0, 0.05) is 5.02 Å². The summed E-state index contributed by atoms with van der Waals surface area (Å²) in [6.45, 7) is 9.43. The number of aliphatic hydroxyl groups is 2. The number of aryl methyl sites for hydroxylation is 1. The molecule has 0 bridgehead atoms. The molecule has 2 rings (SSSR count). The molecule has 0 saturated carbocycles. The fourth-order valence-corrected chi connectivity index (χ4v) is 3.97. The highest BCUT2D eigenvalue weighted by molar-refractivity contribution is 6.31. The zero-order chi connectivity index (χ0) is 21.8. The van der Waals surface area contributed by atoms with Crippen molar-refractivity contribution < 1.29 is 15.0 Å². The highest BCUT2D eigenvalue weighted by atomic mass is 35.5. The van der Waals surface area contributed by atoms with Crippen LogP contribution in [0.25, 0.3) is 0 Å². The van der Waals surface area contributed by atoms with Gasteiger partial charge in [0.05, 0.1) is 24.7 Å². The minimum absolute atomic E-state index is 0.159. The van der Waals surface area contributed by atoms with Crippen molar-refractivity contribution in [2.45, 2.75) is 65.0 Å². The van der Waals surface area contributed by atoms with Crippen molar-refractivity contribution >= 4 is 17.5 Å². The monoisotopic (exact) mass is 417 g/mol. The number of aliphatic hydroxyl groups excluding tert-OH is 1. The van der Waals surface area contributed by atoms with Gasteiger partial charge in [0.25, 0.3) is 0 Å². The second kappa shape index (κ2) is 9.75. The van der Waals surface area contributed by atoms with Gasteiger partial charge in [-0.1, -0.05) is 55.8 Å². The summed E-state index contributed by atoms with van der Waals surface area (Å²) in [5, 5.41) is 24.1. The van der Waals surface area contributed by atoms with E-state index in [1.165, 1.54) is 0 Å². The molecule has 5 heteroatoms. The van der Waals surface area contributed by atoms with E-state index in [9.17, 15) is 15.0 Å². The number of carbonyl (C=O) groups is 1. The summed E-state index contributed by atoms with van der Waals surface area (Å²) in [6, 6.07) is 11.0. The van der Waals surface area contributed by atoms with Gasteiger partial charge in [0.15, 0.2) is 0 Å². The lowest BCUT2D eigenvalue weighted by Crippen LogP contribution is -2.40. The van der Waals surface area contributed by atoms with Gasteiger partial charge in [0.1, 0.15) is 0 Å². The second-order valence-corrected chi connectivity index (χ2v) is 8.86. The average Bonchev–Trinajstić information content (AvgIpc) is 2.63. The fourth-order valence-electron chi connectivity index (χ4n) is 3.68. The lowest BCUT2D eigenvalue weighted by molar-refractivity contribution is -0.121.